The van der Waals surface area contributed by atoms with Crippen molar-refractivity contribution in [3.05, 3.63) is 0 Å². The Labute approximate surface area is 99.6 Å². The lowest BCUT2D eigenvalue weighted by Crippen LogP contribution is -2.44. The summed E-state index contributed by atoms with van der Waals surface area (Å²) in [5, 5.41) is 10.0. The molecule has 2 bridgehead atoms. The van der Waals surface area contributed by atoms with Crippen molar-refractivity contribution < 1.29 is 5.11 Å². The largest absolute Gasteiger partial charge is 0.393 e. The molecule has 3 aliphatic carbocycles. The van der Waals surface area contributed by atoms with Gasteiger partial charge in [-0.2, -0.15) is 0 Å². The Kier molecular flexibility index (Phi) is 1.98. The monoisotopic (exact) mass is 222 g/mol. The maximum atomic E-state index is 10.0. The summed E-state index contributed by atoms with van der Waals surface area (Å²) in [6.07, 6.45) is 6.31. The zero-order valence-corrected chi connectivity index (χ0v) is 11.2. The smallest absolute Gasteiger partial charge is 0.0568 e. The molecule has 0 aliphatic heterocycles. The minimum atomic E-state index is 0.00939. The number of aliphatic hydroxyl groups is 1. The molecule has 4 atom stereocenters. The van der Waals surface area contributed by atoms with Crippen molar-refractivity contribution in [2.75, 3.05) is 0 Å². The SMILES string of the molecule is CC1(C)CC2CC3CC2(CCC3O)C1(C)C. The highest BCUT2D eigenvalue weighted by Crippen LogP contribution is 2.75. The van der Waals surface area contributed by atoms with E-state index in [0.29, 0.717) is 22.2 Å². The first-order valence-corrected chi connectivity index (χ1v) is 6.98. The first-order valence-electron chi connectivity index (χ1n) is 6.98. The number of hydrogen-bond acceptors (Lipinski definition) is 1. The van der Waals surface area contributed by atoms with Gasteiger partial charge in [0.1, 0.15) is 0 Å². The fourth-order valence-corrected chi connectivity index (χ4v) is 5.45. The number of rotatable bonds is 0. The molecule has 4 unspecified atom stereocenters. The fourth-order valence-electron chi connectivity index (χ4n) is 5.45. The molecule has 92 valence electrons. The minimum Gasteiger partial charge on any atom is -0.393 e. The summed E-state index contributed by atoms with van der Waals surface area (Å²) >= 11 is 0. The van der Waals surface area contributed by atoms with E-state index in [1.807, 2.05) is 0 Å². The van der Waals surface area contributed by atoms with Crippen molar-refractivity contribution in [2.45, 2.75) is 65.9 Å². The van der Waals surface area contributed by atoms with Gasteiger partial charge in [0.05, 0.1) is 6.10 Å². The van der Waals surface area contributed by atoms with Crippen LogP contribution >= 0.6 is 0 Å². The first-order chi connectivity index (χ1) is 7.30. The summed E-state index contributed by atoms with van der Waals surface area (Å²) < 4.78 is 0. The van der Waals surface area contributed by atoms with Crippen LogP contribution in [0.5, 0.6) is 0 Å². The highest BCUT2D eigenvalue weighted by molar-refractivity contribution is 5.16. The van der Waals surface area contributed by atoms with Crippen LogP contribution in [0.15, 0.2) is 0 Å². The van der Waals surface area contributed by atoms with Crippen molar-refractivity contribution in [3.8, 4) is 0 Å². The van der Waals surface area contributed by atoms with Gasteiger partial charge in [0, 0.05) is 0 Å². The lowest BCUT2D eigenvalue weighted by atomic mass is 9.55. The molecule has 1 nitrogen and oxygen atoms in total. The second-order valence-electron chi connectivity index (χ2n) is 7.87. The predicted molar refractivity (Wildman–Crippen MR) is 66.1 cm³/mol. The van der Waals surface area contributed by atoms with E-state index < -0.39 is 0 Å². The van der Waals surface area contributed by atoms with Crippen molar-refractivity contribution in [1.82, 2.24) is 0 Å². The van der Waals surface area contributed by atoms with Gasteiger partial charge in [-0.1, -0.05) is 27.7 Å². The maximum absolute atomic E-state index is 10.0. The van der Waals surface area contributed by atoms with Crippen molar-refractivity contribution in [2.24, 2.45) is 28.1 Å². The Morgan fingerprint density at radius 2 is 1.75 bits per heavy atom. The van der Waals surface area contributed by atoms with Crippen LogP contribution in [0, 0.1) is 28.1 Å². The molecule has 3 fully saturated rings. The summed E-state index contributed by atoms with van der Waals surface area (Å²) in [4.78, 5) is 0. The quantitative estimate of drug-likeness (QED) is 0.664. The van der Waals surface area contributed by atoms with Gasteiger partial charge in [-0.3, -0.25) is 0 Å². The molecule has 1 heteroatoms. The van der Waals surface area contributed by atoms with E-state index in [0.717, 1.165) is 12.3 Å². The lowest BCUT2D eigenvalue weighted by Gasteiger charge is -2.50. The van der Waals surface area contributed by atoms with Crippen LogP contribution in [-0.2, 0) is 0 Å². The van der Waals surface area contributed by atoms with Crippen LogP contribution in [0.2, 0.25) is 0 Å². The summed E-state index contributed by atoms with van der Waals surface area (Å²) in [5.41, 5.74) is 1.48. The Hall–Kier alpha value is -0.0400. The number of fused-ring (bicyclic) bond motifs is 1. The molecule has 3 saturated carbocycles. The standard InChI is InChI=1S/C15H26O/c1-13(2)9-11-7-10-8-15(11,14(13,3)4)6-5-12(10)16/h10-12,16H,5-9H2,1-4H3. The summed E-state index contributed by atoms with van der Waals surface area (Å²) in [6, 6.07) is 0. The van der Waals surface area contributed by atoms with E-state index in [2.05, 4.69) is 27.7 Å². The van der Waals surface area contributed by atoms with Gasteiger partial charge in [-0.15, -0.1) is 0 Å². The fraction of sp³-hybridized carbons (Fsp3) is 1.00. The number of hydrogen-bond donors (Lipinski definition) is 1. The zero-order chi connectivity index (χ0) is 11.8. The minimum absolute atomic E-state index is 0.00939. The van der Waals surface area contributed by atoms with Gasteiger partial charge in [0.15, 0.2) is 0 Å². The lowest BCUT2D eigenvalue weighted by molar-refractivity contribution is -0.0405. The van der Waals surface area contributed by atoms with Gasteiger partial charge in [0.25, 0.3) is 0 Å². The molecule has 3 aliphatic rings. The Morgan fingerprint density at radius 1 is 1.06 bits per heavy atom. The van der Waals surface area contributed by atoms with Crippen LogP contribution in [0.3, 0.4) is 0 Å². The van der Waals surface area contributed by atoms with Crippen molar-refractivity contribution in [3.63, 3.8) is 0 Å². The van der Waals surface area contributed by atoms with E-state index in [-0.39, 0.29) is 6.10 Å². The topological polar surface area (TPSA) is 20.2 Å². The highest BCUT2D eigenvalue weighted by atomic mass is 16.3. The summed E-state index contributed by atoms with van der Waals surface area (Å²) in [7, 11) is 0. The molecule has 0 amide bonds. The average molecular weight is 222 g/mol. The van der Waals surface area contributed by atoms with Crippen LogP contribution in [0.25, 0.3) is 0 Å². The molecule has 16 heavy (non-hydrogen) atoms. The Bertz CT molecular complexity index is 317. The van der Waals surface area contributed by atoms with Gasteiger partial charge < -0.3 is 5.11 Å². The van der Waals surface area contributed by atoms with E-state index in [9.17, 15) is 5.11 Å². The molecule has 0 heterocycles. The molecule has 3 rings (SSSR count). The van der Waals surface area contributed by atoms with Gasteiger partial charge in [-0.25, -0.2) is 0 Å². The molecule has 0 aromatic heterocycles. The average Bonchev–Trinajstić information content (AvgIpc) is 2.54. The molecular weight excluding hydrogens is 196 g/mol. The summed E-state index contributed by atoms with van der Waals surface area (Å²) in [6.45, 7) is 9.90. The normalized spacial score (nSPS) is 52.7. The Morgan fingerprint density at radius 3 is 2.44 bits per heavy atom. The molecule has 1 spiro atoms. The summed E-state index contributed by atoms with van der Waals surface area (Å²) in [5.74, 6) is 1.51. The Balaban J connectivity index is 2.02. The molecule has 0 aromatic carbocycles. The second kappa shape index (κ2) is 2.85. The van der Waals surface area contributed by atoms with E-state index >= 15 is 0 Å². The zero-order valence-electron chi connectivity index (χ0n) is 11.2. The highest BCUT2D eigenvalue weighted by Gasteiger charge is 2.67. The van der Waals surface area contributed by atoms with Crippen LogP contribution in [0.1, 0.15) is 59.8 Å². The van der Waals surface area contributed by atoms with Gasteiger partial charge in [-0.05, 0) is 60.2 Å². The molecule has 0 aromatic rings. The third kappa shape index (κ3) is 1.02. The third-order valence-electron chi connectivity index (χ3n) is 7.12. The van der Waals surface area contributed by atoms with Crippen molar-refractivity contribution in [1.29, 1.82) is 0 Å². The van der Waals surface area contributed by atoms with Crippen LogP contribution in [-0.4, -0.2) is 11.2 Å². The van der Waals surface area contributed by atoms with E-state index in [1.54, 1.807) is 0 Å². The van der Waals surface area contributed by atoms with Crippen LogP contribution < -0.4 is 0 Å². The molecular formula is C15H26O. The first kappa shape index (κ1) is 11.1. The molecule has 0 saturated heterocycles. The van der Waals surface area contributed by atoms with E-state index in [1.165, 1.54) is 25.7 Å². The predicted octanol–water partition coefficient (Wildman–Crippen LogP) is 3.61. The third-order valence-corrected chi connectivity index (χ3v) is 7.12. The van der Waals surface area contributed by atoms with Crippen LogP contribution in [0.4, 0.5) is 0 Å². The van der Waals surface area contributed by atoms with Gasteiger partial charge in [0.2, 0.25) is 0 Å². The molecule has 0 radical (unpaired) electrons. The molecule has 1 N–H and O–H groups in total. The number of aliphatic hydroxyl groups excluding tert-OH is 1. The van der Waals surface area contributed by atoms with Gasteiger partial charge >= 0.3 is 0 Å². The second-order valence-corrected chi connectivity index (χ2v) is 7.87. The van der Waals surface area contributed by atoms with E-state index in [4.69, 9.17) is 0 Å². The van der Waals surface area contributed by atoms with Crippen molar-refractivity contribution >= 4 is 0 Å². The maximum Gasteiger partial charge on any atom is 0.0568 e.